The fraction of sp³-hybridized carbons (Fsp3) is 0. The van der Waals surface area contributed by atoms with Crippen molar-refractivity contribution in [3.05, 3.63) is 59.1 Å². The van der Waals surface area contributed by atoms with Gasteiger partial charge in [-0.25, -0.2) is 0 Å². The smallest absolute Gasteiger partial charge is 0.101 e. The van der Waals surface area contributed by atoms with Crippen LogP contribution in [0.15, 0.2) is 42.9 Å². The van der Waals surface area contributed by atoms with Crippen LogP contribution in [0.3, 0.4) is 0 Å². The third-order valence-corrected chi connectivity index (χ3v) is 2.36. The Kier molecular flexibility index (Phi) is 3.49. The van der Waals surface area contributed by atoms with Crippen molar-refractivity contribution in [1.29, 1.82) is 5.26 Å². The predicted molar refractivity (Wildman–Crippen MR) is 67.0 cm³/mol. The Morgan fingerprint density at radius 1 is 1.24 bits per heavy atom. The number of pyridine rings is 2. The largest absolute Gasteiger partial charge is 0.265 e. The SMILES string of the molecule is N#C/C(=C\c1ccncc1)c1ccc(Cl)cn1. The summed E-state index contributed by atoms with van der Waals surface area (Å²) < 4.78 is 0. The fourth-order valence-corrected chi connectivity index (χ4v) is 1.44. The fourth-order valence-electron chi connectivity index (χ4n) is 1.32. The van der Waals surface area contributed by atoms with Crippen molar-refractivity contribution in [2.75, 3.05) is 0 Å². The minimum Gasteiger partial charge on any atom is -0.265 e. The standard InChI is InChI=1S/C13H8ClN3/c14-12-1-2-13(17-9-12)11(8-15)7-10-3-5-16-6-4-10/h1-7,9H/b11-7+. The van der Waals surface area contributed by atoms with Crippen LogP contribution < -0.4 is 0 Å². The lowest BCUT2D eigenvalue weighted by Gasteiger charge is -1.98. The van der Waals surface area contributed by atoms with Gasteiger partial charge in [0.05, 0.1) is 16.3 Å². The van der Waals surface area contributed by atoms with Crippen LogP contribution in [0.1, 0.15) is 11.3 Å². The summed E-state index contributed by atoms with van der Waals surface area (Å²) in [6.07, 6.45) is 6.64. The van der Waals surface area contributed by atoms with Gasteiger partial charge in [-0.05, 0) is 35.9 Å². The highest BCUT2D eigenvalue weighted by Gasteiger charge is 2.02. The second-order valence-corrected chi connectivity index (χ2v) is 3.75. The molecule has 0 aromatic carbocycles. The zero-order chi connectivity index (χ0) is 12.1. The van der Waals surface area contributed by atoms with E-state index in [1.165, 1.54) is 6.20 Å². The van der Waals surface area contributed by atoms with Gasteiger partial charge < -0.3 is 0 Å². The average Bonchev–Trinajstić information content (AvgIpc) is 2.38. The van der Waals surface area contributed by atoms with E-state index in [-0.39, 0.29) is 0 Å². The molecule has 0 atom stereocenters. The molecule has 0 spiro atoms. The summed E-state index contributed by atoms with van der Waals surface area (Å²) in [4.78, 5) is 8.02. The molecule has 2 heterocycles. The van der Waals surface area contributed by atoms with E-state index in [1.807, 2.05) is 12.1 Å². The van der Waals surface area contributed by atoms with Gasteiger partial charge in [-0.15, -0.1) is 0 Å². The number of nitriles is 1. The van der Waals surface area contributed by atoms with Crippen molar-refractivity contribution >= 4 is 23.3 Å². The first kappa shape index (κ1) is 11.3. The molecule has 4 heteroatoms. The van der Waals surface area contributed by atoms with Gasteiger partial charge in [-0.2, -0.15) is 5.26 Å². The minimum atomic E-state index is 0.493. The van der Waals surface area contributed by atoms with E-state index in [2.05, 4.69) is 16.0 Å². The topological polar surface area (TPSA) is 49.6 Å². The van der Waals surface area contributed by atoms with Gasteiger partial charge in [0, 0.05) is 18.6 Å². The van der Waals surface area contributed by atoms with Crippen LogP contribution in [0.5, 0.6) is 0 Å². The Labute approximate surface area is 104 Å². The predicted octanol–water partition coefficient (Wildman–Crippen LogP) is 3.19. The van der Waals surface area contributed by atoms with Crippen LogP contribution in [0.4, 0.5) is 0 Å². The number of hydrogen-bond acceptors (Lipinski definition) is 3. The van der Waals surface area contributed by atoms with Crippen molar-refractivity contribution in [3.8, 4) is 6.07 Å². The van der Waals surface area contributed by atoms with Gasteiger partial charge in [-0.3, -0.25) is 9.97 Å². The molecule has 0 saturated carbocycles. The molecule has 0 aliphatic heterocycles. The Morgan fingerprint density at radius 2 is 2.00 bits per heavy atom. The Balaban J connectivity index is 2.38. The molecule has 0 saturated heterocycles. The quantitative estimate of drug-likeness (QED) is 0.759. The molecule has 0 aliphatic carbocycles. The van der Waals surface area contributed by atoms with Crippen molar-refractivity contribution in [2.24, 2.45) is 0 Å². The van der Waals surface area contributed by atoms with E-state index in [0.29, 0.717) is 16.3 Å². The highest BCUT2D eigenvalue weighted by molar-refractivity contribution is 6.30. The third kappa shape index (κ3) is 2.90. The summed E-state index contributed by atoms with van der Waals surface area (Å²) in [6.45, 7) is 0. The van der Waals surface area contributed by atoms with Crippen molar-refractivity contribution in [3.63, 3.8) is 0 Å². The number of halogens is 1. The molecule has 0 amide bonds. The summed E-state index contributed by atoms with van der Waals surface area (Å²) in [7, 11) is 0. The van der Waals surface area contributed by atoms with E-state index >= 15 is 0 Å². The maximum atomic E-state index is 9.10. The number of allylic oxidation sites excluding steroid dienone is 1. The molecule has 0 radical (unpaired) electrons. The van der Waals surface area contributed by atoms with Gasteiger partial charge in [0.2, 0.25) is 0 Å². The molecule has 3 nitrogen and oxygen atoms in total. The first-order valence-electron chi connectivity index (χ1n) is 4.93. The number of rotatable bonds is 2. The summed E-state index contributed by atoms with van der Waals surface area (Å²) >= 11 is 5.75. The highest BCUT2D eigenvalue weighted by Crippen LogP contribution is 2.16. The first-order chi connectivity index (χ1) is 8.29. The molecule has 2 rings (SSSR count). The van der Waals surface area contributed by atoms with Gasteiger partial charge in [0.15, 0.2) is 0 Å². The lowest BCUT2D eigenvalue weighted by molar-refractivity contribution is 1.28. The van der Waals surface area contributed by atoms with Crippen LogP contribution in [-0.2, 0) is 0 Å². The Morgan fingerprint density at radius 3 is 2.59 bits per heavy atom. The molecule has 0 N–H and O–H groups in total. The first-order valence-corrected chi connectivity index (χ1v) is 5.31. The monoisotopic (exact) mass is 241 g/mol. The van der Waals surface area contributed by atoms with E-state index < -0.39 is 0 Å². The molecule has 0 bridgehead atoms. The van der Waals surface area contributed by atoms with Crippen LogP contribution in [0.25, 0.3) is 11.6 Å². The van der Waals surface area contributed by atoms with Crippen LogP contribution in [-0.4, -0.2) is 9.97 Å². The van der Waals surface area contributed by atoms with Crippen LogP contribution in [0.2, 0.25) is 5.02 Å². The van der Waals surface area contributed by atoms with Crippen molar-refractivity contribution in [1.82, 2.24) is 9.97 Å². The summed E-state index contributed by atoms with van der Waals surface area (Å²) in [5, 5.41) is 9.65. The van der Waals surface area contributed by atoms with Gasteiger partial charge in [-0.1, -0.05) is 11.6 Å². The second kappa shape index (κ2) is 5.24. The maximum absolute atomic E-state index is 9.10. The molecule has 0 unspecified atom stereocenters. The molecule has 17 heavy (non-hydrogen) atoms. The molecular weight excluding hydrogens is 234 g/mol. The zero-order valence-corrected chi connectivity index (χ0v) is 9.59. The van der Waals surface area contributed by atoms with Gasteiger partial charge in [0.1, 0.15) is 6.07 Å². The minimum absolute atomic E-state index is 0.493. The average molecular weight is 242 g/mol. The van der Waals surface area contributed by atoms with E-state index in [1.54, 1.807) is 30.6 Å². The van der Waals surface area contributed by atoms with Crippen molar-refractivity contribution < 1.29 is 0 Å². The molecule has 82 valence electrons. The lowest BCUT2D eigenvalue weighted by atomic mass is 10.1. The number of hydrogen-bond donors (Lipinski definition) is 0. The van der Waals surface area contributed by atoms with Crippen molar-refractivity contribution in [2.45, 2.75) is 0 Å². The number of aromatic nitrogens is 2. The number of nitrogens with zero attached hydrogens (tertiary/aromatic N) is 3. The molecule has 2 aromatic rings. The molecule has 0 fully saturated rings. The molecular formula is C13H8ClN3. The van der Waals surface area contributed by atoms with Crippen LogP contribution in [0, 0.1) is 11.3 Å². The summed E-state index contributed by atoms with van der Waals surface area (Å²) in [6, 6.07) is 9.21. The van der Waals surface area contributed by atoms with E-state index in [0.717, 1.165) is 5.56 Å². The van der Waals surface area contributed by atoms with Crippen LogP contribution >= 0.6 is 11.6 Å². The summed E-state index contributed by atoms with van der Waals surface area (Å²) in [5.74, 6) is 0. The molecule has 0 aliphatic rings. The highest BCUT2D eigenvalue weighted by atomic mass is 35.5. The lowest BCUT2D eigenvalue weighted by Crippen LogP contribution is -1.86. The van der Waals surface area contributed by atoms with E-state index in [9.17, 15) is 0 Å². The maximum Gasteiger partial charge on any atom is 0.101 e. The Hall–Kier alpha value is -2.18. The van der Waals surface area contributed by atoms with E-state index in [4.69, 9.17) is 16.9 Å². The third-order valence-electron chi connectivity index (χ3n) is 2.14. The normalized spacial score (nSPS) is 10.9. The molecule has 2 aromatic heterocycles. The second-order valence-electron chi connectivity index (χ2n) is 3.31. The van der Waals surface area contributed by atoms with Gasteiger partial charge in [0.25, 0.3) is 0 Å². The zero-order valence-electron chi connectivity index (χ0n) is 8.84. The van der Waals surface area contributed by atoms with Gasteiger partial charge >= 0.3 is 0 Å². The summed E-state index contributed by atoms with van der Waals surface area (Å²) in [5.41, 5.74) is 2.01. The Bertz CT molecular complexity index is 568.